The van der Waals surface area contributed by atoms with Gasteiger partial charge in [-0.1, -0.05) is 0 Å². The van der Waals surface area contributed by atoms with E-state index in [4.69, 9.17) is 15.3 Å². The van der Waals surface area contributed by atoms with Gasteiger partial charge in [-0.3, -0.25) is 14.6 Å². The summed E-state index contributed by atoms with van der Waals surface area (Å²) >= 11 is 0. The number of carboxylic acid groups (broad SMARTS) is 1. The Bertz CT molecular complexity index is 687. The lowest BCUT2D eigenvalue weighted by Gasteiger charge is -2.07. The van der Waals surface area contributed by atoms with Crippen molar-refractivity contribution < 1.29 is 19.1 Å². The normalized spacial score (nSPS) is 12.3. The Morgan fingerprint density at radius 3 is 2.89 bits per heavy atom. The van der Waals surface area contributed by atoms with E-state index in [1.165, 1.54) is 6.07 Å². The predicted molar refractivity (Wildman–Crippen MR) is 65.7 cm³/mol. The van der Waals surface area contributed by atoms with Crippen molar-refractivity contribution in [3.63, 3.8) is 0 Å². The average molecular weight is 265 g/mol. The molecule has 1 aromatic heterocycles. The summed E-state index contributed by atoms with van der Waals surface area (Å²) in [6.45, 7) is 0. The van der Waals surface area contributed by atoms with E-state index in [1.807, 2.05) is 0 Å². The van der Waals surface area contributed by atoms with Gasteiger partial charge in [0.05, 0.1) is 11.9 Å². The Kier molecular flexibility index (Phi) is 3.34. The van der Waals surface area contributed by atoms with E-state index in [2.05, 4.69) is 10.3 Å². The molecule has 1 aromatic carbocycles. The number of H-pyrrole nitrogens is 1. The molecule has 100 valence electrons. The van der Waals surface area contributed by atoms with E-state index in [0.29, 0.717) is 16.8 Å². The highest BCUT2D eigenvalue weighted by Crippen LogP contribution is 2.16. The number of hydrogen-bond donors (Lipinski definition) is 4. The number of aromatic amines is 1. The van der Waals surface area contributed by atoms with Crippen LogP contribution in [0.5, 0.6) is 0 Å². The SMILES string of the molecule is NC(CC(=O)Nc1ccc2[nH]c(=O)oc2c1)C(=O)O. The molecule has 1 unspecified atom stereocenters. The lowest BCUT2D eigenvalue weighted by Crippen LogP contribution is -2.34. The third-order valence-electron chi connectivity index (χ3n) is 2.43. The number of fused-ring (bicyclic) bond motifs is 1. The van der Waals surface area contributed by atoms with Crippen LogP contribution < -0.4 is 16.8 Å². The number of oxazole rings is 1. The molecule has 0 aliphatic heterocycles. The molecule has 0 radical (unpaired) electrons. The van der Waals surface area contributed by atoms with E-state index in [0.717, 1.165) is 0 Å². The highest BCUT2D eigenvalue weighted by molar-refractivity contribution is 5.95. The van der Waals surface area contributed by atoms with Gasteiger partial charge >= 0.3 is 11.7 Å². The minimum absolute atomic E-state index is 0.297. The molecule has 2 aromatic rings. The van der Waals surface area contributed by atoms with Gasteiger partial charge in [0.2, 0.25) is 5.91 Å². The minimum Gasteiger partial charge on any atom is -0.480 e. The van der Waals surface area contributed by atoms with Crippen LogP contribution in [0.25, 0.3) is 11.1 Å². The Labute approximate surface area is 106 Å². The number of benzene rings is 1. The Hall–Kier alpha value is -2.61. The molecule has 8 nitrogen and oxygen atoms in total. The molecule has 0 bridgehead atoms. The number of aromatic nitrogens is 1. The van der Waals surface area contributed by atoms with Crippen molar-refractivity contribution in [2.45, 2.75) is 12.5 Å². The smallest absolute Gasteiger partial charge is 0.417 e. The van der Waals surface area contributed by atoms with E-state index in [9.17, 15) is 14.4 Å². The number of nitrogens with two attached hydrogens (primary N) is 1. The summed E-state index contributed by atoms with van der Waals surface area (Å²) in [5.74, 6) is -2.37. The number of carbonyl (C=O) groups excluding carboxylic acids is 1. The van der Waals surface area contributed by atoms with E-state index in [1.54, 1.807) is 12.1 Å². The lowest BCUT2D eigenvalue weighted by molar-refractivity contribution is -0.140. The molecule has 1 heterocycles. The monoisotopic (exact) mass is 265 g/mol. The molecule has 19 heavy (non-hydrogen) atoms. The van der Waals surface area contributed by atoms with Crippen molar-refractivity contribution >= 4 is 28.7 Å². The summed E-state index contributed by atoms with van der Waals surface area (Å²) in [4.78, 5) is 35.4. The van der Waals surface area contributed by atoms with E-state index in [-0.39, 0.29) is 6.42 Å². The van der Waals surface area contributed by atoms with Crippen LogP contribution in [-0.2, 0) is 9.59 Å². The van der Waals surface area contributed by atoms with Crippen LogP contribution in [0.4, 0.5) is 5.69 Å². The van der Waals surface area contributed by atoms with Crippen LogP contribution in [0.3, 0.4) is 0 Å². The number of hydrogen-bond acceptors (Lipinski definition) is 5. The maximum atomic E-state index is 11.5. The second-order valence-corrected chi connectivity index (χ2v) is 3.92. The van der Waals surface area contributed by atoms with Crippen LogP contribution in [0.2, 0.25) is 0 Å². The van der Waals surface area contributed by atoms with Gasteiger partial charge in [0, 0.05) is 11.8 Å². The molecule has 1 atom stereocenters. The van der Waals surface area contributed by atoms with E-state index < -0.39 is 23.7 Å². The lowest BCUT2D eigenvalue weighted by atomic mass is 10.2. The van der Waals surface area contributed by atoms with Gasteiger partial charge in [-0.2, -0.15) is 0 Å². The molecule has 0 saturated heterocycles. The van der Waals surface area contributed by atoms with Crippen molar-refractivity contribution in [2.75, 3.05) is 5.32 Å². The van der Waals surface area contributed by atoms with Crippen LogP contribution in [-0.4, -0.2) is 28.0 Å². The minimum atomic E-state index is -1.26. The molecule has 0 saturated carbocycles. The van der Waals surface area contributed by atoms with Crippen LogP contribution >= 0.6 is 0 Å². The van der Waals surface area contributed by atoms with Gasteiger partial charge in [-0.25, -0.2) is 4.79 Å². The highest BCUT2D eigenvalue weighted by atomic mass is 16.4. The third-order valence-corrected chi connectivity index (χ3v) is 2.43. The zero-order valence-electron chi connectivity index (χ0n) is 9.67. The number of rotatable bonds is 4. The molecular formula is C11H11N3O5. The Balaban J connectivity index is 2.10. The fourth-order valence-corrected chi connectivity index (χ4v) is 1.52. The number of nitrogens with one attached hydrogen (secondary N) is 2. The molecule has 0 fully saturated rings. The van der Waals surface area contributed by atoms with Crippen molar-refractivity contribution in [1.29, 1.82) is 0 Å². The van der Waals surface area contributed by atoms with Crippen molar-refractivity contribution in [3.8, 4) is 0 Å². The molecule has 1 amide bonds. The molecule has 0 spiro atoms. The van der Waals surface area contributed by atoms with Gasteiger partial charge in [0.25, 0.3) is 0 Å². The quantitative estimate of drug-likeness (QED) is 0.607. The first-order chi connectivity index (χ1) is 8.95. The van der Waals surface area contributed by atoms with Gasteiger partial charge in [-0.05, 0) is 12.1 Å². The molecule has 0 aliphatic carbocycles. The average Bonchev–Trinajstić information content (AvgIpc) is 2.68. The summed E-state index contributed by atoms with van der Waals surface area (Å²) in [5.41, 5.74) is 6.43. The fourth-order valence-electron chi connectivity index (χ4n) is 1.52. The number of aliphatic carboxylic acids is 1. The molecule has 8 heteroatoms. The van der Waals surface area contributed by atoms with Crippen LogP contribution in [0.1, 0.15) is 6.42 Å². The predicted octanol–water partition coefficient (Wildman–Crippen LogP) is -0.138. The first-order valence-corrected chi connectivity index (χ1v) is 5.37. The second-order valence-electron chi connectivity index (χ2n) is 3.92. The standard InChI is InChI=1S/C11H11N3O5/c12-6(10(16)17)4-9(15)13-5-1-2-7-8(3-5)19-11(18)14-7/h1-3,6H,4,12H2,(H,13,15)(H,14,18)(H,16,17). The zero-order chi connectivity index (χ0) is 14.0. The largest absolute Gasteiger partial charge is 0.480 e. The summed E-state index contributed by atoms with van der Waals surface area (Å²) in [7, 11) is 0. The Morgan fingerprint density at radius 1 is 1.47 bits per heavy atom. The number of carbonyl (C=O) groups is 2. The Morgan fingerprint density at radius 2 is 2.21 bits per heavy atom. The second kappa shape index (κ2) is 4.94. The van der Waals surface area contributed by atoms with Crippen molar-refractivity contribution in [3.05, 3.63) is 28.7 Å². The van der Waals surface area contributed by atoms with Gasteiger partial charge in [0.1, 0.15) is 6.04 Å². The first kappa shape index (κ1) is 12.8. The molecule has 0 aliphatic rings. The maximum absolute atomic E-state index is 11.5. The number of carboxylic acids is 1. The van der Waals surface area contributed by atoms with Crippen molar-refractivity contribution in [2.24, 2.45) is 5.73 Å². The topological polar surface area (TPSA) is 138 Å². The fraction of sp³-hybridized carbons (Fsp3) is 0.182. The van der Waals surface area contributed by atoms with Crippen LogP contribution in [0.15, 0.2) is 27.4 Å². The summed E-state index contributed by atoms with van der Waals surface area (Å²) in [6, 6.07) is 3.32. The van der Waals surface area contributed by atoms with Crippen molar-refractivity contribution in [1.82, 2.24) is 4.98 Å². The summed E-state index contributed by atoms with van der Waals surface area (Å²) < 4.78 is 4.83. The summed E-state index contributed by atoms with van der Waals surface area (Å²) in [5, 5.41) is 11.1. The number of amides is 1. The molecule has 2 rings (SSSR count). The van der Waals surface area contributed by atoms with Gasteiger partial charge < -0.3 is 20.6 Å². The zero-order valence-corrected chi connectivity index (χ0v) is 9.67. The highest BCUT2D eigenvalue weighted by Gasteiger charge is 2.16. The summed E-state index contributed by atoms with van der Waals surface area (Å²) in [6.07, 6.45) is -0.343. The number of anilines is 1. The first-order valence-electron chi connectivity index (χ1n) is 5.37. The third kappa shape index (κ3) is 2.99. The van der Waals surface area contributed by atoms with Gasteiger partial charge in [-0.15, -0.1) is 0 Å². The molecular weight excluding hydrogens is 254 g/mol. The molecule has 5 N–H and O–H groups in total. The van der Waals surface area contributed by atoms with E-state index >= 15 is 0 Å². The van der Waals surface area contributed by atoms with Crippen LogP contribution in [0, 0.1) is 0 Å². The van der Waals surface area contributed by atoms with Gasteiger partial charge in [0.15, 0.2) is 5.58 Å². The maximum Gasteiger partial charge on any atom is 0.417 e.